The van der Waals surface area contributed by atoms with Gasteiger partial charge in [-0.2, -0.15) is 0 Å². The molecule has 242 valence electrons. The number of nitrogens with zero attached hydrogens (tertiary/aromatic N) is 2. The van der Waals surface area contributed by atoms with E-state index < -0.39 is 41.4 Å². The van der Waals surface area contributed by atoms with E-state index in [9.17, 15) is 24.3 Å². The average Bonchev–Trinajstić information content (AvgIpc) is 3.57. The highest BCUT2D eigenvalue weighted by atomic mass is 32.1. The topological polar surface area (TPSA) is 167 Å². The predicted octanol–water partition coefficient (Wildman–Crippen LogP) is 2.69. The molecule has 12 nitrogen and oxygen atoms in total. The third-order valence-corrected chi connectivity index (χ3v) is 8.34. The van der Waals surface area contributed by atoms with Crippen LogP contribution in [0.3, 0.4) is 0 Å². The minimum absolute atomic E-state index is 0.000392. The van der Waals surface area contributed by atoms with E-state index in [1.54, 1.807) is 11.3 Å². The molecule has 2 aromatic rings. The molecule has 1 aromatic carbocycles. The summed E-state index contributed by atoms with van der Waals surface area (Å²) in [6.07, 6.45) is -0.863. The molecular weight excluding hydrogens is 588 g/mol. The van der Waals surface area contributed by atoms with E-state index in [1.807, 2.05) is 64.4 Å². The van der Waals surface area contributed by atoms with Crippen LogP contribution >= 0.6 is 11.3 Å². The van der Waals surface area contributed by atoms with Crippen LogP contribution in [0.15, 0.2) is 29.8 Å². The van der Waals surface area contributed by atoms with Crippen LogP contribution in [-0.4, -0.2) is 94.9 Å². The number of hydrogen-bond donors (Lipinski definition) is 4. The third kappa shape index (κ3) is 10.1. The van der Waals surface area contributed by atoms with E-state index in [-0.39, 0.29) is 64.2 Å². The number of nitrogens with one attached hydrogen (secondary N) is 2. The maximum atomic E-state index is 13.8. The van der Waals surface area contributed by atoms with Crippen LogP contribution in [-0.2, 0) is 28.7 Å². The summed E-state index contributed by atoms with van der Waals surface area (Å²) in [6.45, 7) is 9.86. The second-order valence-corrected chi connectivity index (χ2v) is 12.9. The van der Waals surface area contributed by atoms with Crippen molar-refractivity contribution < 1.29 is 38.9 Å². The zero-order valence-corrected chi connectivity index (χ0v) is 26.8. The number of aromatic nitrogens is 1. The molecule has 0 aliphatic carbocycles. The molecule has 3 rings (SSSR count). The third-order valence-electron chi connectivity index (χ3n) is 7.37. The van der Waals surface area contributed by atoms with Crippen LogP contribution < -0.4 is 10.6 Å². The van der Waals surface area contributed by atoms with Crippen molar-refractivity contribution in [1.82, 2.24) is 20.5 Å². The fraction of sp³-hybridized carbons (Fsp3) is 0.581. The van der Waals surface area contributed by atoms with Crippen LogP contribution in [0.25, 0.3) is 10.4 Å². The van der Waals surface area contributed by atoms with E-state index in [0.29, 0.717) is 0 Å². The van der Waals surface area contributed by atoms with Gasteiger partial charge >= 0.3 is 5.97 Å². The van der Waals surface area contributed by atoms with Crippen molar-refractivity contribution in [3.63, 3.8) is 0 Å². The van der Waals surface area contributed by atoms with Gasteiger partial charge in [-0.05, 0) is 30.4 Å². The standard InChI is InChI=1S/C31H44N4O8S/c1-19(21-6-8-22(9-7-21)27-20(2)32-18-44-27)33-29(40)24-16-23(36)17-35(24)30(41)28(31(3,4)5)34-25(37)10-12-42-14-15-43-13-11-26(38)39/h6-9,18-19,23-24,28,36H,10-17H2,1-5H3,(H,33,40)(H,34,37)(H,38,39)/t19-,23+,24-,28+/m0/s1. The van der Waals surface area contributed by atoms with Gasteiger partial charge in [0.15, 0.2) is 0 Å². The first-order valence-electron chi connectivity index (χ1n) is 14.7. The highest BCUT2D eigenvalue weighted by molar-refractivity contribution is 7.13. The first kappa shape index (κ1) is 35.1. The fourth-order valence-corrected chi connectivity index (χ4v) is 5.71. The summed E-state index contributed by atoms with van der Waals surface area (Å²) < 4.78 is 10.5. The molecule has 13 heteroatoms. The molecule has 0 radical (unpaired) electrons. The molecule has 1 aliphatic heterocycles. The number of aliphatic carboxylic acids is 1. The van der Waals surface area contributed by atoms with Gasteiger partial charge in [0.25, 0.3) is 0 Å². The van der Waals surface area contributed by atoms with Gasteiger partial charge in [-0.1, -0.05) is 45.0 Å². The number of thiazole rings is 1. The van der Waals surface area contributed by atoms with Gasteiger partial charge in [0, 0.05) is 19.4 Å². The number of carboxylic acid groups (broad SMARTS) is 1. The summed E-state index contributed by atoms with van der Waals surface area (Å²) in [5.74, 6) is -2.15. The van der Waals surface area contributed by atoms with Crippen molar-refractivity contribution in [2.45, 2.75) is 78.1 Å². The van der Waals surface area contributed by atoms with Crippen molar-refractivity contribution in [3.8, 4) is 10.4 Å². The lowest BCUT2D eigenvalue weighted by Gasteiger charge is -2.35. The zero-order valence-electron chi connectivity index (χ0n) is 26.0. The number of aliphatic hydroxyl groups excluding tert-OH is 1. The normalized spacial score (nSPS) is 18.1. The molecule has 4 N–H and O–H groups in total. The van der Waals surface area contributed by atoms with E-state index >= 15 is 0 Å². The van der Waals surface area contributed by atoms with Crippen LogP contribution in [0.4, 0.5) is 0 Å². The Hall–Kier alpha value is -3.39. The lowest BCUT2D eigenvalue weighted by atomic mass is 9.85. The molecule has 2 heterocycles. The highest BCUT2D eigenvalue weighted by Crippen LogP contribution is 2.29. The van der Waals surface area contributed by atoms with Gasteiger partial charge in [-0.3, -0.25) is 19.2 Å². The molecule has 3 amide bonds. The zero-order chi connectivity index (χ0) is 32.4. The molecule has 0 bridgehead atoms. The molecule has 1 fully saturated rings. The quantitative estimate of drug-likeness (QED) is 0.216. The van der Waals surface area contributed by atoms with Crippen molar-refractivity contribution in [3.05, 3.63) is 41.0 Å². The van der Waals surface area contributed by atoms with Crippen molar-refractivity contribution in [1.29, 1.82) is 0 Å². The smallest absolute Gasteiger partial charge is 0.305 e. The number of benzene rings is 1. The van der Waals surface area contributed by atoms with Crippen molar-refractivity contribution in [2.24, 2.45) is 5.41 Å². The minimum atomic E-state index is -0.945. The lowest BCUT2D eigenvalue weighted by molar-refractivity contribution is -0.144. The Labute approximate surface area is 262 Å². The van der Waals surface area contributed by atoms with E-state index in [1.165, 1.54) is 4.90 Å². The van der Waals surface area contributed by atoms with Crippen LogP contribution in [0.5, 0.6) is 0 Å². The molecule has 0 unspecified atom stereocenters. The summed E-state index contributed by atoms with van der Waals surface area (Å²) in [5.41, 5.74) is 4.04. The summed E-state index contributed by atoms with van der Waals surface area (Å²) in [7, 11) is 0. The Morgan fingerprint density at radius 1 is 1.05 bits per heavy atom. The number of aliphatic hydroxyl groups is 1. The van der Waals surface area contributed by atoms with Gasteiger partial charge in [0.2, 0.25) is 17.7 Å². The Morgan fingerprint density at radius 2 is 1.68 bits per heavy atom. The Kier molecular flexibility index (Phi) is 12.8. The summed E-state index contributed by atoms with van der Waals surface area (Å²) >= 11 is 1.57. The summed E-state index contributed by atoms with van der Waals surface area (Å²) in [4.78, 5) is 57.2. The molecule has 1 saturated heterocycles. The summed E-state index contributed by atoms with van der Waals surface area (Å²) in [6, 6.07) is 5.73. The van der Waals surface area contributed by atoms with Crippen LogP contribution in [0, 0.1) is 12.3 Å². The molecule has 1 aromatic heterocycles. The number of hydrogen-bond acceptors (Lipinski definition) is 9. The van der Waals surface area contributed by atoms with Crippen molar-refractivity contribution in [2.75, 3.05) is 33.0 Å². The maximum Gasteiger partial charge on any atom is 0.305 e. The molecule has 4 atom stereocenters. The average molecular weight is 633 g/mol. The first-order chi connectivity index (χ1) is 20.8. The van der Waals surface area contributed by atoms with Gasteiger partial charge in [-0.15, -0.1) is 11.3 Å². The lowest BCUT2D eigenvalue weighted by Crippen LogP contribution is -2.58. The number of carbonyl (C=O) groups is 4. The molecule has 1 aliphatic rings. The number of β-amino-alcohol motifs (C(OH)–C–C–N with tert-alkyl or cyclic N) is 1. The number of aryl methyl sites for hydroxylation is 1. The van der Waals surface area contributed by atoms with E-state index in [0.717, 1.165) is 21.7 Å². The molecule has 0 saturated carbocycles. The Bertz CT molecular complexity index is 1280. The van der Waals surface area contributed by atoms with Crippen LogP contribution in [0.2, 0.25) is 0 Å². The molecule has 0 spiro atoms. The first-order valence-corrected chi connectivity index (χ1v) is 15.6. The summed E-state index contributed by atoms with van der Waals surface area (Å²) in [5, 5.41) is 24.8. The van der Waals surface area contributed by atoms with Gasteiger partial charge in [0.1, 0.15) is 12.1 Å². The maximum absolute atomic E-state index is 13.8. The second kappa shape index (κ2) is 16.1. The number of amides is 3. The number of carboxylic acids is 1. The number of carbonyl (C=O) groups excluding carboxylic acids is 3. The van der Waals surface area contributed by atoms with Crippen molar-refractivity contribution >= 4 is 35.0 Å². The minimum Gasteiger partial charge on any atom is -0.481 e. The number of rotatable bonds is 15. The monoisotopic (exact) mass is 632 g/mol. The Morgan fingerprint density at radius 3 is 2.25 bits per heavy atom. The molecular formula is C31H44N4O8S. The predicted molar refractivity (Wildman–Crippen MR) is 165 cm³/mol. The number of likely N-dealkylation sites (tertiary alicyclic amines) is 1. The van der Waals surface area contributed by atoms with Crippen LogP contribution in [0.1, 0.15) is 64.3 Å². The Balaban J connectivity index is 1.57. The van der Waals surface area contributed by atoms with E-state index in [2.05, 4.69) is 15.6 Å². The SMILES string of the molecule is Cc1ncsc1-c1ccc([C@H](C)NC(=O)[C@@H]2C[C@@H](O)CN2C(=O)[C@@H](NC(=O)CCOCCOCCC(=O)O)C(C)(C)C)cc1. The number of ether oxygens (including phenoxy) is 2. The highest BCUT2D eigenvalue weighted by Gasteiger charge is 2.44. The van der Waals surface area contributed by atoms with Gasteiger partial charge in [0.05, 0.1) is 61.1 Å². The van der Waals surface area contributed by atoms with Gasteiger partial charge in [-0.25, -0.2) is 4.98 Å². The largest absolute Gasteiger partial charge is 0.481 e. The fourth-order valence-electron chi connectivity index (χ4n) is 4.89. The van der Waals surface area contributed by atoms with E-state index in [4.69, 9.17) is 14.6 Å². The second-order valence-electron chi connectivity index (χ2n) is 12.0. The molecule has 44 heavy (non-hydrogen) atoms. The van der Waals surface area contributed by atoms with Gasteiger partial charge < -0.3 is 35.2 Å².